The smallest absolute Gasteiger partial charge is 0.0780 e. The summed E-state index contributed by atoms with van der Waals surface area (Å²) in [6, 6.07) is 17.4. The number of nitrogens with zero attached hydrogens (tertiary/aromatic N) is 1. The molecule has 1 nitrogen and oxygen atoms in total. The fourth-order valence-corrected chi connectivity index (χ4v) is 3.40. The molecule has 0 saturated heterocycles. The highest BCUT2D eigenvalue weighted by Crippen LogP contribution is 2.33. The first-order valence-corrected chi connectivity index (χ1v) is 8.01. The molecule has 0 unspecified atom stereocenters. The van der Waals surface area contributed by atoms with Crippen molar-refractivity contribution in [2.75, 3.05) is 0 Å². The van der Waals surface area contributed by atoms with Crippen molar-refractivity contribution >= 4 is 17.0 Å². The quantitative estimate of drug-likeness (QED) is 0.606. The van der Waals surface area contributed by atoms with Gasteiger partial charge in [-0.3, -0.25) is 4.98 Å². The first-order chi connectivity index (χ1) is 10.8. The average Bonchev–Trinajstić information content (AvgIpc) is 2.96. The van der Waals surface area contributed by atoms with Crippen LogP contribution in [0.4, 0.5) is 0 Å². The third-order valence-electron chi connectivity index (χ3n) is 4.43. The third kappa shape index (κ3) is 2.23. The monoisotopic (exact) mass is 285 g/mol. The molecular formula is C21H19N. The lowest BCUT2D eigenvalue weighted by atomic mass is 9.98. The van der Waals surface area contributed by atoms with E-state index in [2.05, 4.69) is 60.4 Å². The highest BCUT2D eigenvalue weighted by molar-refractivity contribution is 5.93. The summed E-state index contributed by atoms with van der Waals surface area (Å²) in [6.07, 6.45) is 7.78. The maximum Gasteiger partial charge on any atom is 0.0780 e. The van der Waals surface area contributed by atoms with Crippen LogP contribution in [0.15, 0.2) is 60.3 Å². The van der Waals surface area contributed by atoms with Gasteiger partial charge in [0.2, 0.25) is 0 Å². The molecule has 22 heavy (non-hydrogen) atoms. The van der Waals surface area contributed by atoms with Crippen LogP contribution in [0.25, 0.3) is 28.1 Å². The summed E-state index contributed by atoms with van der Waals surface area (Å²) < 4.78 is 0. The van der Waals surface area contributed by atoms with Crippen molar-refractivity contribution in [3.63, 3.8) is 0 Å². The van der Waals surface area contributed by atoms with Crippen LogP contribution in [0.1, 0.15) is 30.9 Å². The van der Waals surface area contributed by atoms with Crippen LogP contribution in [0.3, 0.4) is 0 Å². The molecule has 1 heterocycles. The lowest BCUT2D eigenvalue weighted by Gasteiger charge is -2.08. The fraction of sp³-hybridized carbons (Fsp3) is 0.190. The molecule has 0 fully saturated rings. The summed E-state index contributed by atoms with van der Waals surface area (Å²) >= 11 is 0. The van der Waals surface area contributed by atoms with Crippen molar-refractivity contribution in [3.8, 4) is 11.1 Å². The Balaban J connectivity index is 1.78. The summed E-state index contributed by atoms with van der Waals surface area (Å²) in [5, 5.41) is 1.20. The molecule has 1 heteroatoms. The maximum absolute atomic E-state index is 4.58. The Kier molecular flexibility index (Phi) is 3.27. The molecule has 0 bridgehead atoms. The van der Waals surface area contributed by atoms with Crippen molar-refractivity contribution in [2.24, 2.45) is 0 Å². The molecule has 0 atom stereocenters. The van der Waals surface area contributed by atoms with Gasteiger partial charge < -0.3 is 0 Å². The van der Waals surface area contributed by atoms with Gasteiger partial charge >= 0.3 is 0 Å². The molecule has 3 aromatic rings. The molecule has 0 N–H and O–H groups in total. The van der Waals surface area contributed by atoms with Crippen LogP contribution in [0.2, 0.25) is 0 Å². The van der Waals surface area contributed by atoms with Crippen molar-refractivity contribution in [1.82, 2.24) is 4.98 Å². The van der Waals surface area contributed by atoms with E-state index >= 15 is 0 Å². The van der Waals surface area contributed by atoms with Crippen LogP contribution in [-0.4, -0.2) is 4.98 Å². The Hall–Kier alpha value is -2.41. The molecule has 1 aliphatic rings. The molecule has 1 aromatic heterocycles. The Bertz CT molecular complexity index is 869. The molecule has 108 valence electrons. The van der Waals surface area contributed by atoms with Gasteiger partial charge in [0.05, 0.1) is 5.52 Å². The number of pyridine rings is 1. The zero-order valence-corrected chi connectivity index (χ0v) is 12.8. The molecule has 0 radical (unpaired) electrons. The molecule has 0 aliphatic heterocycles. The van der Waals surface area contributed by atoms with Crippen LogP contribution < -0.4 is 0 Å². The Morgan fingerprint density at radius 3 is 2.86 bits per heavy atom. The fourth-order valence-electron chi connectivity index (χ4n) is 3.40. The average molecular weight is 285 g/mol. The number of hydrogen-bond donors (Lipinski definition) is 0. The van der Waals surface area contributed by atoms with E-state index in [1.807, 2.05) is 12.3 Å². The number of rotatable bonds is 3. The second-order valence-corrected chi connectivity index (χ2v) is 6.02. The van der Waals surface area contributed by atoms with E-state index < -0.39 is 0 Å². The summed E-state index contributed by atoms with van der Waals surface area (Å²) in [5.74, 6) is 0. The first kappa shape index (κ1) is 13.3. The van der Waals surface area contributed by atoms with Crippen molar-refractivity contribution in [1.29, 1.82) is 0 Å². The number of allylic oxidation sites excluding steroid dienone is 1. The minimum absolute atomic E-state index is 1.09. The predicted molar refractivity (Wildman–Crippen MR) is 93.8 cm³/mol. The maximum atomic E-state index is 4.58. The minimum atomic E-state index is 1.09. The predicted octanol–water partition coefficient (Wildman–Crippen LogP) is 5.64. The standard InChI is InChI=1S/C21H19N/c1-2-5-15-12-17-9-10-18(14-19(17)13-15)20-8-3-6-16-7-4-11-22-21(16)20/h3-4,6-12,14H,2,5,13H2,1H3. The second kappa shape index (κ2) is 5.42. The van der Waals surface area contributed by atoms with Gasteiger partial charge in [-0.15, -0.1) is 0 Å². The van der Waals surface area contributed by atoms with Crippen molar-refractivity contribution in [3.05, 3.63) is 71.4 Å². The summed E-state index contributed by atoms with van der Waals surface area (Å²) in [4.78, 5) is 4.58. The van der Waals surface area contributed by atoms with Crippen LogP contribution in [0, 0.1) is 0 Å². The Morgan fingerprint density at radius 1 is 1.05 bits per heavy atom. The lowest BCUT2D eigenvalue weighted by Crippen LogP contribution is -1.88. The highest BCUT2D eigenvalue weighted by atomic mass is 14.6. The third-order valence-corrected chi connectivity index (χ3v) is 4.43. The SMILES string of the molecule is CCCC1=Cc2ccc(-c3cccc4cccnc34)cc2C1. The van der Waals surface area contributed by atoms with Gasteiger partial charge in [0, 0.05) is 17.1 Å². The van der Waals surface area contributed by atoms with Gasteiger partial charge in [-0.25, -0.2) is 0 Å². The van der Waals surface area contributed by atoms with Gasteiger partial charge in [0.25, 0.3) is 0 Å². The number of para-hydroxylation sites is 1. The number of benzene rings is 2. The summed E-state index contributed by atoms with van der Waals surface area (Å²) in [5.41, 5.74) is 7.99. The number of fused-ring (bicyclic) bond motifs is 2. The van der Waals surface area contributed by atoms with Crippen molar-refractivity contribution < 1.29 is 0 Å². The molecule has 1 aliphatic carbocycles. The Labute approximate surface area is 131 Å². The number of aromatic nitrogens is 1. The van der Waals surface area contributed by atoms with Gasteiger partial charge in [-0.05, 0) is 35.6 Å². The zero-order chi connectivity index (χ0) is 14.9. The minimum Gasteiger partial charge on any atom is -0.256 e. The largest absolute Gasteiger partial charge is 0.256 e. The topological polar surface area (TPSA) is 12.9 Å². The molecule has 4 rings (SSSR count). The van der Waals surface area contributed by atoms with Gasteiger partial charge in [-0.1, -0.05) is 67.5 Å². The van der Waals surface area contributed by atoms with Gasteiger partial charge in [0.15, 0.2) is 0 Å². The van der Waals surface area contributed by atoms with Crippen molar-refractivity contribution in [2.45, 2.75) is 26.2 Å². The zero-order valence-electron chi connectivity index (χ0n) is 12.8. The van der Waals surface area contributed by atoms with E-state index in [0.717, 1.165) is 11.9 Å². The Morgan fingerprint density at radius 2 is 1.95 bits per heavy atom. The van der Waals surface area contributed by atoms with E-state index in [1.165, 1.54) is 40.5 Å². The van der Waals surface area contributed by atoms with E-state index in [4.69, 9.17) is 0 Å². The summed E-state index contributed by atoms with van der Waals surface area (Å²) in [7, 11) is 0. The van der Waals surface area contributed by atoms with Gasteiger partial charge in [-0.2, -0.15) is 0 Å². The van der Waals surface area contributed by atoms with Crippen LogP contribution in [0.5, 0.6) is 0 Å². The highest BCUT2D eigenvalue weighted by Gasteiger charge is 2.14. The molecule has 0 saturated carbocycles. The number of hydrogen-bond acceptors (Lipinski definition) is 1. The van der Waals surface area contributed by atoms with Gasteiger partial charge in [0.1, 0.15) is 0 Å². The molecule has 2 aromatic carbocycles. The van der Waals surface area contributed by atoms with E-state index in [1.54, 1.807) is 5.57 Å². The molecule has 0 spiro atoms. The summed E-state index contributed by atoms with van der Waals surface area (Å²) in [6.45, 7) is 2.25. The second-order valence-electron chi connectivity index (χ2n) is 6.02. The van der Waals surface area contributed by atoms with E-state index in [9.17, 15) is 0 Å². The van der Waals surface area contributed by atoms with E-state index in [0.29, 0.717) is 0 Å². The van der Waals surface area contributed by atoms with Crippen LogP contribution in [-0.2, 0) is 6.42 Å². The van der Waals surface area contributed by atoms with Crippen LogP contribution >= 0.6 is 0 Å². The normalized spacial score (nSPS) is 13.2. The molecule has 0 amide bonds. The lowest BCUT2D eigenvalue weighted by molar-refractivity contribution is 0.886. The first-order valence-electron chi connectivity index (χ1n) is 8.01. The molecular weight excluding hydrogens is 266 g/mol. The van der Waals surface area contributed by atoms with E-state index in [-0.39, 0.29) is 0 Å².